The average Bonchev–Trinajstić information content (AvgIpc) is 2.77. The molecule has 0 N–H and O–H groups in total. The summed E-state index contributed by atoms with van der Waals surface area (Å²) in [6, 6.07) is 27.1. The molecule has 1 aromatic heterocycles. The molecule has 4 aromatic rings. The highest BCUT2D eigenvalue weighted by Crippen LogP contribution is 2.52. The van der Waals surface area contributed by atoms with Crippen molar-refractivity contribution in [2.45, 2.75) is 63.0 Å². The molecule has 0 unspecified atom stereocenters. The van der Waals surface area contributed by atoms with Crippen LogP contribution in [0.15, 0.2) is 83.9 Å². The average molecular weight is 470 g/mol. The third-order valence-corrected chi connectivity index (χ3v) is 9.27. The van der Waals surface area contributed by atoms with E-state index in [1.807, 2.05) is 6.20 Å². The Kier molecular flexibility index (Phi) is 6.42. The molecule has 0 spiro atoms. The number of fused-ring (bicyclic) bond motifs is 1. The molecule has 3 aromatic carbocycles. The number of nitrogens with zero attached hydrogens (tertiary/aromatic N) is 1. The van der Waals surface area contributed by atoms with Gasteiger partial charge in [-0.15, -0.1) is 0 Å². The van der Waals surface area contributed by atoms with E-state index < -0.39 is 10.0 Å². The number of hydrogen-bond acceptors (Lipinski definition) is 1. The fourth-order valence-electron chi connectivity index (χ4n) is 4.43. The zero-order valence-corrected chi connectivity index (χ0v) is 22.9. The van der Waals surface area contributed by atoms with E-state index in [1.165, 1.54) is 37.9 Å². The molecule has 1 heterocycles. The van der Waals surface area contributed by atoms with Gasteiger partial charge in [0.2, 0.25) is 0 Å². The standard InChI is InChI=1S/C32H39NS/c1-31(2,3)26-18-25(19-27(21-26)32(4,5)6)30-29-15-14-28(20-24(29)16-17-33-30)34(7,8)22-23-12-10-9-11-13-23/h9-21H,22H2,1-8H3. The van der Waals surface area contributed by atoms with Crippen LogP contribution in [0.3, 0.4) is 0 Å². The third-order valence-electron chi connectivity index (χ3n) is 6.68. The van der Waals surface area contributed by atoms with E-state index in [-0.39, 0.29) is 10.8 Å². The molecule has 4 rings (SSSR count). The highest BCUT2D eigenvalue weighted by Gasteiger charge is 2.22. The van der Waals surface area contributed by atoms with Crippen LogP contribution in [0.1, 0.15) is 58.2 Å². The van der Waals surface area contributed by atoms with Gasteiger partial charge in [-0.2, -0.15) is 0 Å². The number of hydrogen-bond donors (Lipinski definition) is 0. The van der Waals surface area contributed by atoms with Gasteiger partial charge in [-0.1, -0.05) is 84.0 Å². The van der Waals surface area contributed by atoms with Gasteiger partial charge in [0.1, 0.15) is 0 Å². The van der Waals surface area contributed by atoms with Crippen molar-refractivity contribution in [1.29, 1.82) is 0 Å². The third kappa shape index (κ3) is 5.23. The first-order valence-electron chi connectivity index (χ1n) is 12.1. The molecule has 0 radical (unpaired) electrons. The quantitative estimate of drug-likeness (QED) is 0.290. The summed E-state index contributed by atoms with van der Waals surface area (Å²) in [6.07, 6.45) is 6.82. The summed E-state index contributed by atoms with van der Waals surface area (Å²) in [5.74, 6) is 1.10. The zero-order chi connectivity index (χ0) is 24.7. The van der Waals surface area contributed by atoms with Crippen LogP contribution in [-0.4, -0.2) is 17.5 Å². The Morgan fingerprint density at radius 3 is 1.91 bits per heavy atom. The molecule has 0 amide bonds. The lowest BCUT2D eigenvalue weighted by Gasteiger charge is -2.32. The molecule has 0 aliphatic heterocycles. The lowest BCUT2D eigenvalue weighted by Crippen LogP contribution is -2.16. The second-order valence-corrected chi connectivity index (χ2v) is 15.8. The molecule has 0 saturated heterocycles. The van der Waals surface area contributed by atoms with Crippen molar-refractivity contribution >= 4 is 20.8 Å². The fourth-order valence-corrected chi connectivity index (χ4v) is 6.51. The van der Waals surface area contributed by atoms with E-state index >= 15 is 0 Å². The number of aromatic nitrogens is 1. The number of pyridine rings is 1. The van der Waals surface area contributed by atoms with Crippen molar-refractivity contribution in [3.63, 3.8) is 0 Å². The van der Waals surface area contributed by atoms with E-state index in [9.17, 15) is 0 Å². The molecule has 0 bridgehead atoms. The van der Waals surface area contributed by atoms with Crippen molar-refractivity contribution < 1.29 is 0 Å². The Labute approximate surface area is 208 Å². The minimum atomic E-state index is -0.955. The van der Waals surface area contributed by atoms with Crippen LogP contribution >= 0.6 is 10.0 Å². The maximum absolute atomic E-state index is 4.89. The summed E-state index contributed by atoms with van der Waals surface area (Å²) in [6.45, 7) is 13.7. The Morgan fingerprint density at radius 1 is 0.706 bits per heavy atom. The Balaban J connectivity index is 1.81. The van der Waals surface area contributed by atoms with Crippen LogP contribution in [0.5, 0.6) is 0 Å². The highest BCUT2D eigenvalue weighted by atomic mass is 32.3. The summed E-state index contributed by atoms with van der Waals surface area (Å²) >= 11 is 0. The van der Waals surface area contributed by atoms with Crippen LogP contribution in [0.2, 0.25) is 0 Å². The van der Waals surface area contributed by atoms with Gasteiger partial charge in [0, 0.05) is 22.9 Å². The van der Waals surface area contributed by atoms with Crippen LogP contribution in [-0.2, 0) is 16.6 Å². The summed E-state index contributed by atoms with van der Waals surface area (Å²) in [5, 5.41) is 2.50. The molecule has 178 valence electrons. The van der Waals surface area contributed by atoms with E-state index in [4.69, 9.17) is 4.98 Å². The highest BCUT2D eigenvalue weighted by molar-refractivity contribution is 8.32. The molecular formula is C32H39NS. The van der Waals surface area contributed by atoms with E-state index in [2.05, 4.69) is 127 Å². The van der Waals surface area contributed by atoms with Crippen molar-refractivity contribution in [1.82, 2.24) is 4.98 Å². The van der Waals surface area contributed by atoms with Gasteiger partial charge in [-0.05, 0) is 80.6 Å². The predicted octanol–water partition coefficient (Wildman–Crippen LogP) is 9.12. The fraction of sp³-hybridized carbons (Fsp3) is 0.344. The van der Waals surface area contributed by atoms with Crippen molar-refractivity contribution in [2.75, 3.05) is 12.5 Å². The van der Waals surface area contributed by atoms with Crippen LogP contribution in [0.25, 0.3) is 22.0 Å². The lowest BCUT2D eigenvalue weighted by atomic mass is 9.79. The van der Waals surface area contributed by atoms with Gasteiger partial charge in [0.15, 0.2) is 0 Å². The summed E-state index contributed by atoms with van der Waals surface area (Å²) in [7, 11) is -0.955. The zero-order valence-electron chi connectivity index (χ0n) is 22.1. The minimum absolute atomic E-state index is 0.0819. The summed E-state index contributed by atoms with van der Waals surface area (Å²) in [5.41, 5.74) is 6.59. The minimum Gasteiger partial charge on any atom is -0.256 e. The summed E-state index contributed by atoms with van der Waals surface area (Å²) in [4.78, 5) is 6.33. The SMILES string of the molecule is CC(C)(C)c1cc(-c2nccc3cc(S(C)(C)Cc4ccccc4)ccc23)cc(C(C)(C)C)c1. The first kappa shape index (κ1) is 24.5. The molecule has 0 aliphatic carbocycles. The van der Waals surface area contributed by atoms with E-state index in [0.29, 0.717) is 0 Å². The van der Waals surface area contributed by atoms with Gasteiger partial charge in [0.05, 0.1) is 5.69 Å². The topological polar surface area (TPSA) is 12.9 Å². The van der Waals surface area contributed by atoms with Crippen molar-refractivity contribution in [3.05, 3.63) is 95.7 Å². The van der Waals surface area contributed by atoms with Gasteiger partial charge in [-0.3, -0.25) is 4.98 Å². The second-order valence-electron chi connectivity index (χ2n) is 12.0. The first-order chi connectivity index (χ1) is 15.8. The second kappa shape index (κ2) is 8.89. The van der Waals surface area contributed by atoms with Gasteiger partial charge in [0.25, 0.3) is 0 Å². The van der Waals surface area contributed by atoms with Crippen LogP contribution < -0.4 is 0 Å². The smallest absolute Gasteiger partial charge is 0.0780 e. The molecule has 0 atom stereocenters. The Hall–Kier alpha value is -2.58. The van der Waals surface area contributed by atoms with Crippen LogP contribution in [0, 0.1) is 0 Å². The lowest BCUT2D eigenvalue weighted by molar-refractivity contribution is 0.569. The Bertz CT molecular complexity index is 1270. The number of rotatable bonds is 4. The van der Waals surface area contributed by atoms with Crippen molar-refractivity contribution in [3.8, 4) is 11.3 Å². The maximum Gasteiger partial charge on any atom is 0.0780 e. The van der Waals surface area contributed by atoms with Gasteiger partial charge >= 0.3 is 0 Å². The normalized spacial score (nSPS) is 13.3. The van der Waals surface area contributed by atoms with E-state index in [1.54, 1.807) is 0 Å². The molecule has 2 heteroatoms. The number of benzene rings is 3. The maximum atomic E-state index is 4.89. The molecule has 1 nitrogen and oxygen atoms in total. The first-order valence-corrected chi connectivity index (χ1v) is 14.8. The summed E-state index contributed by atoms with van der Waals surface area (Å²) < 4.78 is 0. The molecule has 0 saturated carbocycles. The predicted molar refractivity (Wildman–Crippen MR) is 152 cm³/mol. The molecule has 0 aliphatic rings. The van der Waals surface area contributed by atoms with Crippen LogP contribution in [0.4, 0.5) is 0 Å². The monoisotopic (exact) mass is 469 g/mol. The largest absolute Gasteiger partial charge is 0.256 e. The van der Waals surface area contributed by atoms with Crippen molar-refractivity contribution in [2.24, 2.45) is 0 Å². The molecular weight excluding hydrogens is 430 g/mol. The van der Waals surface area contributed by atoms with E-state index in [0.717, 1.165) is 11.4 Å². The molecule has 0 fully saturated rings. The van der Waals surface area contributed by atoms with Gasteiger partial charge < -0.3 is 0 Å². The Morgan fingerprint density at radius 2 is 1.32 bits per heavy atom. The molecule has 34 heavy (non-hydrogen) atoms. The van der Waals surface area contributed by atoms with Gasteiger partial charge in [-0.25, -0.2) is 10.0 Å².